The highest BCUT2D eigenvalue weighted by Gasteiger charge is 1.99. The van der Waals surface area contributed by atoms with Crippen molar-refractivity contribution in [3.8, 4) is 11.5 Å². The van der Waals surface area contributed by atoms with Crippen LogP contribution < -0.4 is 4.74 Å². The summed E-state index contributed by atoms with van der Waals surface area (Å²) in [5.41, 5.74) is 0. The van der Waals surface area contributed by atoms with Gasteiger partial charge in [0.05, 0.1) is 0 Å². The molecule has 3 N–H and O–H groups in total. The Kier molecular flexibility index (Phi) is 2.30. The van der Waals surface area contributed by atoms with Crippen molar-refractivity contribution in [1.29, 1.82) is 0 Å². The van der Waals surface area contributed by atoms with Gasteiger partial charge in [0.25, 0.3) is 0 Å². The Balaban J connectivity index is 2.71. The lowest BCUT2D eigenvalue weighted by Gasteiger charge is -2.06. The second-order valence-electron chi connectivity index (χ2n) is 1.94. The van der Waals surface area contributed by atoms with Crippen molar-refractivity contribution >= 4 is 0 Å². The van der Waals surface area contributed by atoms with E-state index in [4.69, 9.17) is 15.3 Å². The summed E-state index contributed by atoms with van der Waals surface area (Å²) in [6.07, 6.45) is 0. The smallest absolute Gasteiger partial charge is 0.310 e. The van der Waals surface area contributed by atoms with Crippen LogP contribution in [-0.2, 0) is 0 Å². The number of aliphatic hydroxyl groups is 2. The summed E-state index contributed by atoms with van der Waals surface area (Å²) in [5, 5.41) is 25.6. The molecule has 0 bridgehead atoms. The first-order valence-electron chi connectivity index (χ1n) is 3.00. The van der Waals surface area contributed by atoms with Gasteiger partial charge in [0.2, 0.25) is 0 Å². The molecule has 60 valence electrons. The minimum atomic E-state index is -1.85. The zero-order chi connectivity index (χ0) is 8.27. The predicted octanol–water partition coefficient (Wildman–Crippen LogP) is 0.0392. The third-order valence-electron chi connectivity index (χ3n) is 1.06. The summed E-state index contributed by atoms with van der Waals surface area (Å²) in [5.74, 6) is 0.225. The lowest BCUT2D eigenvalue weighted by Crippen LogP contribution is -2.13. The Morgan fingerprint density at radius 3 is 2.55 bits per heavy atom. The van der Waals surface area contributed by atoms with E-state index < -0.39 is 6.48 Å². The van der Waals surface area contributed by atoms with Crippen molar-refractivity contribution in [1.82, 2.24) is 0 Å². The van der Waals surface area contributed by atoms with Crippen molar-refractivity contribution in [2.75, 3.05) is 0 Å². The molecule has 0 saturated heterocycles. The molecule has 0 aliphatic carbocycles. The van der Waals surface area contributed by atoms with E-state index in [0.717, 1.165) is 0 Å². The Labute approximate surface area is 63.3 Å². The van der Waals surface area contributed by atoms with Gasteiger partial charge in [-0.3, -0.25) is 0 Å². The molecule has 0 atom stereocenters. The Bertz CT molecular complexity index is 234. The molecule has 0 unspecified atom stereocenters. The molecular weight excluding hydrogens is 148 g/mol. The zero-order valence-electron chi connectivity index (χ0n) is 5.64. The minimum absolute atomic E-state index is 0.0168. The number of aliphatic hydroxyl groups excluding tert-OH is 1. The predicted molar refractivity (Wildman–Crippen MR) is 37.0 cm³/mol. The van der Waals surface area contributed by atoms with Gasteiger partial charge < -0.3 is 20.1 Å². The quantitative estimate of drug-likeness (QED) is 0.529. The third kappa shape index (κ3) is 2.45. The monoisotopic (exact) mass is 156 g/mol. The number of hydrogen-bond acceptors (Lipinski definition) is 4. The third-order valence-corrected chi connectivity index (χ3v) is 1.06. The number of phenols is 1. The summed E-state index contributed by atoms with van der Waals surface area (Å²) < 4.78 is 4.45. The highest BCUT2D eigenvalue weighted by Crippen LogP contribution is 2.17. The van der Waals surface area contributed by atoms with Crippen LogP contribution in [0.25, 0.3) is 0 Å². The average molecular weight is 156 g/mol. The second-order valence-corrected chi connectivity index (χ2v) is 1.94. The molecule has 0 aliphatic heterocycles. The maximum atomic E-state index is 8.88. The molecule has 1 aromatic carbocycles. The molecule has 0 aromatic heterocycles. The average Bonchev–Trinajstić information content (AvgIpc) is 1.85. The standard InChI is InChI=1S/C7H8O4/c8-5-2-1-3-6(4-5)11-7(9)10/h1-4,7-10H. The number of rotatable bonds is 2. The van der Waals surface area contributed by atoms with Gasteiger partial charge in [-0.2, -0.15) is 0 Å². The van der Waals surface area contributed by atoms with Crippen LogP contribution in [0.15, 0.2) is 24.3 Å². The Morgan fingerprint density at radius 1 is 1.27 bits per heavy atom. The van der Waals surface area contributed by atoms with Gasteiger partial charge in [0, 0.05) is 6.07 Å². The number of phenolic OH excluding ortho intramolecular Hbond substituents is 1. The topological polar surface area (TPSA) is 69.9 Å². The Hall–Kier alpha value is -1.26. The number of hydrogen-bond donors (Lipinski definition) is 3. The molecule has 4 nitrogen and oxygen atoms in total. The van der Waals surface area contributed by atoms with E-state index in [1.165, 1.54) is 24.3 Å². The van der Waals surface area contributed by atoms with E-state index in [1.807, 2.05) is 0 Å². The summed E-state index contributed by atoms with van der Waals surface area (Å²) in [6, 6.07) is 5.77. The van der Waals surface area contributed by atoms with Crippen molar-refractivity contribution in [2.45, 2.75) is 6.48 Å². The molecule has 0 fully saturated rings. The fourth-order valence-corrected chi connectivity index (χ4v) is 0.679. The van der Waals surface area contributed by atoms with Crippen LogP contribution >= 0.6 is 0 Å². The Morgan fingerprint density at radius 2 is 2.00 bits per heavy atom. The van der Waals surface area contributed by atoms with Gasteiger partial charge in [-0.25, -0.2) is 0 Å². The fourth-order valence-electron chi connectivity index (χ4n) is 0.679. The van der Waals surface area contributed by atoms with Crippen molar-refractivity contribution in [3.63, 3.8) is 0 Å². The molecule has 4 heteroatoms. The molecular formula is C7H8O4. The van der Waals surface area contributed by atoms with Gasteiger partial charge in [0.1, 0.15) is 11.5 Å². The van der Waals surface area contributed by atoms with Crippen molar-refractivity contribution in [3.05, 3.63) is 24.3 Å². The van der Waals surface area contributed by atoms with Crippen LogP contribution in [0.5, 0.6) is 11.5 Å². The first-order chi connectivity index (χ1) is 5.18. The van der Waals surface area contributed by atoms with E-state index in [2.05, 4.69) is 4.74 Å². The van der Waals surface area contributed by atoms with Crippen LogP contribution in [0, 0.1) is 0 Å². The van der Waals surface area contributed by atoms with E-state index in [-0.39, 0.29) is 11.5 Å². The van der Waals surface area contributed by atoms with Crippen LogP contribution in [0.2, 0.25) is 0 Å². The molecule has 0 saturated carbocycles. The minimum Gasteiger partial charge on any atom is -0.508 e. The van der Waals surface area contributed by atoms with Crippen molar-refractivity contribution in [2.24, 2.45) is 0 Å². The second kappa shape index (κ2) is 3.23. The normalized spacial score (nSPS) is 10.1. The molecule has 1 aromatic rings. The van der Waals surface area contributed by atoms with Gasteiger partial charge in [-0.1, -0.05) is 6.07 Å². The van der Waals surface area contributed by atoms with Gasteiger partial charge in [-0.05, 0) is 12.1 Å². The number of benzene rings is 1. The number of aromatic hydroxyl groups is 1. The van der Waals surface area contributed by atoms with Crippen LogP contribution in [0.4, 0.5) is 0 Å². The lowest BCUT2D eigenvalue weighted by atomic mass is 10.3. The summed E-state index contributed by atoms with van der Waals surface area (Å²) in [4.78, 5) is 0. The van der Waals surface area contributed by atoms with E-state index in [9.17, 15) is 0 Å². The van der Waals surface area contributed by atoms with Gasteiger partial charge in [-0.15, -0.1) is 0 Å². The molecule has 0 radical (unpaired) electrons. The molecule has 11 heavy (non-hydrogen) atoms. The fraction of sp³-hybridized carbons (Fsp3) is 0.143. The SMILES string of the molecule is Oc1cccc(OC(O)O)c1. The van der Waals surface area contributed by atoms with Crippen LogP contribution in [0.1, 0.15) is 0 Å². The maximum absolute atomic E-state index is 8.88. The van der Waals surface area contributed by atoms with Crippen LogP contribution in [-0.4, -0.2) is 21.8 Å². The number of ether oxygens (including phenoxy) is 1. The van der Waals surface area contributed by atoms with Gasteiger partial charge >= 0.3 is 6.48 Å². The van der Waals surface area contributed by atoms with E-state index in [1.54, 1.807) is 0 Å². The van der Waals surface area contributed by atoms with Crippen LogP contribution in [0.3, 0.4) is 0 Å². The van der Waals surface area contributed by atoms with E-state index in [0.29, 0.717) is 0 Å². The first-order valence-corrected chi connectivity index (χ1v) is 3.00. The largest absolute Gasteiger partial charge is 0.508 e. The molecule has 0 heterocycles. The van der Waals surface area contributed by atoms with E-state index >= 15 is 0 Å². The maximum Gasteiger partial charge on any atom is 0.310 e. The highest BCUT2D eigenvalue weighted by atomic mass is 16.7. The summed E-state index contributed by atoms with van der Waals surface area (Å²) in [6.45, 7) is -1.85. The first kappa shape index (κ1) is 7.84. The summed E-state index contributed by atoms with van der Waals surface area (Å²) in [7, 11) is 0. The molecule has 1 rings (SSSR count). The summed E-state index contributed by atoms with van der Waals surface area (Å²) >= 11 is 0. The molecule has 0 aliphatic rings. The van der Waals surface area contributed by atoms with Gasteiger partial charge in [0.15, 0.2) is 0 Å². The van der Waals surface area contributed by atoms with Crippen molar-refractivity contribution < 1.29 is 20.1 Å². The molecule has 0 amide bonds. The highest BCUT2D eigenvalue weighted by molar-refractivity contribution is 5.31. The zero-order valence-corrected chi connectivity index (χ0v) is 5.64. The molecule has 0 spiro atoms. The lowest BCUT2D eigenvalue weighted by molar-refractivity contribution is -0.179.